The summed E-state index contributed by atoms with van der Waals surface area (Å²) in [5.74, 6) is 0.461. The Labute approximate surface area is 160 Å². The summed E-state index contributed by atoms with van der Waals surface area (Å²) < 4.78 is 5.20. The first-order chi connectivity index (χ1) is 13.1. The van der Waals surface area contributed by atoms with E-state index >= 15 is 0 Å². The molecule has 1 amide bonds. The first-order valence-electron chi connectivity index (χ1n) is 8.92. The third kappa shape index (κ3) is 4.06. The van der Waals surface area contributed by atoms with Crippen molar-refractivity contribution in [2.75, 3.05) is 0 Å². The molecule has 0 unspecified atom stereocenters. The van der Waals surface area contributed by atoms with Crippen LogP contribution in [-0.2, 0) is 6.42 Å². The maximum Gasteiger partial charge on any atom is 0.290 e. The number of aliphatic hydroxyl groups is 1. The second kappa shape index (κ2) is 7.58. The molecule has 0 spiro atoms. The van der Waals surface area contributed by atoms with E-state index in [-0.39, 0.29) is 17.7 Å². The van der Waals surface area contributed by atoms with E-state index in [0.717, 1.165) is 29.8 Å². The molecule has 4 rings (SSSR count). The number of benzene rings is 1. The predicted molar refractivity (Wildman–Crippen MR) is 100 cm³/mol. The summed E-state index contributed by atoms with van der Waals surface area (Å²) in [5, 5.41) is 26.2. The van der Waals surface area contributed by atoms with Crippen molar-refractivity contribution in [3.05, 3.63) is 52.2 Å². The second-order valence-corrected chi connectivity index (χ2v) is 7.96. The molecule has 1 saturated carbocycles. The van der Waals surface area contributed by atoms with E-state index in [1.54, 1.807) is 13.0 Å². The minimum atomic E-state index is -0.577. The van der Waals surface area contributed by atoms with E-state index in [9.17, 15) is 9.90 Å². The Morgan fingerprint density at radius 1 is 1.33 bits per heavy atom. The summed E-state index contributed by atoms with van der Waals surface area (Å²) in [4.78, 5) is 12.3. The molecule has 1 atom stereocenters. The molecule has 0 bridgehead atoms. The predicted octanol–water partition coefficient (Wildman–Crippen LogP) is 3.00. The van der Waals surface area contributed by atoms with Crippen LogP contribution in [0.2, 0.25) is 0 Å². The highest BCUT2D eigenvalue weighted by atomic mass is 32.1. The average Bonchev–Trinajstić information content (AvgIpc) is 3.30. The molecule has 27 heavy (non-hydrogen) atoms. The molecule has 2 N–H and O–H groups in total. The number of rotatable bonds is 6. The van der Waals surface area contributed by atoms with Crippen LogP contribution in [0, 0.1) is 5.92 Å². The van der Waals surface area contributed by atoms with Crippen LogP contribution in [0.3, 0.4) is 0 Å². The Balaban J connectivity index is 1.27. The fourth-order valence-corrected chi connectivity index (χ4v) is 4.06. The van der Waals surface area contributed by atoms with Crippen molar-refractivity contribution in [3.63, 3.8) is 0 Å². The van der Waals surface area contributed by atoms with E-state index < -0.39 is 6.10 Å². The van der Waals surface area contributed by atoms with Crippen molar-refractivity contribution in [1.82, 2.24) is 20.7 Å². The molecule has 7 nitrogen and oxygen atoms in total. The molecule has 1 aliphatic rings. The molecule has 0 radical (unpaired) electrons. The molecular formula is C19H20N4O3S. The zero-order valence-electron chi connectivity index (χ0n) is 14.8. The first-order valence-corrected chi connectivity index (χ1v) is 9.73. The highest BCUT2D eigenvalue weighted by Gasteiger charge is 2.32. The van der Waals surface area contributed by atoms with Gasteiger partial charge in [-0.2, -0.15) is 0 Å². The fraction of sp³-hybridized carbons (Fsp3) is 0.368. The van der Waals surface area contributed by atoms with E-state index in [0.29, 0.717) is 16.6 Å². The maximum atomic E-state index is 12.3. The van der Waals surface area contributed by atoms with Crippen molar-refractivity contribution < 1.29 is 14.4 Å². The maximum absolute atomic E-state index is 12.3. The molecule has 2 aromatic heterocycles. The van der Waals surface area contributed by atoms with E-state index in [1.165, 1.54) is 11.3 Å². The van der Waals surface area contributed by atoms with Crippen molar-refractivity contribution in [1.29, 1.82) is 0 Å². The molecule has 2 heterocycles. The Kier molecular flexibility index (Phi) is 5.00. The summed E-state index contributed by atoms with van der Waals surface area (Å²) in [5.41, 5.74) is 1.56. The normalized spacial score (nSPS) is 20.1. The van der Waals surface area contributed by atoms with Crippen molar-refractivity contribution in [2.24, 2.45) is 5.92 Å². The van der Waals surface area contributed by atoms with E-state index in [2.05, 4.69) is 20.7 Å². The molecule has 1 aliphatic carbocycles. The van der Waals surface area contributed by atoms with Crippen molar-refractivity contribution in [3.8, 4) is 11.3 Å². The first kappa shape index (κ1) is 17.8. The van der Waals surface area contributed by atoms with Gasteiger partial charge in [0.2, 0.25) is 5.76 Å². The topological polar surface area (TPSA) is 101 Å². The molecule has 3 aromatic rings. The Morgan fingerprint density at radius 2 is 2.11 bits per heavy atom. The van der Waals surface area contributed by atoms with Gasteiger partial charge in [0.05, 0.1) is 0 Å². The molecule has 1 fully saturated rings. The lowest BCUT2D eigenvalue weighted by atomic mass is 9.78. The largest absolute Gasteiger partial charge is 0.386 e. The number of aliphatic hydroxyl groups excluding tert-OH is 1. The van der Waals surface area contributed by atoms with Gasteiger partial charge in [-0.25, -0.2) is 0 Å². The van der Waals surface area contributed by atoms with Crippen LogP contribution in [0.15, 0.2) is 40.9 Å². The van der Waals surface area contributed by atoms with Gasteiger partial charge in [0.25, 0.3) is 5.91 Å². The highest BCUT2D eigenvalue weighted by molar-refractivity contribution is 7.11. The molecule has 8 heteroatoms. The molecule has 0 saturated heterocycles. The fourth-order valence-electron chi connectivity index (χ4n) is 3.17. The van der Waals surface area contributed by atoms with Crippen molar-refractivity contribution >= 4 is 17.2 Å². The van der Waals surface area contributed by atoms with Gasteiger partial charge in [-0.15, -0.1) is 10.2 Å². The average molecular weight is 384 g/mol. The minimum Gasteiger partial charge on any atom is -0.386 e. The number of hydrogen-bond donors (Lipinski definition) is 2. The lowest BCUT2D eigenvalue weighted by molar-refractivity contribution is 0.0852. The van der Waals surface area contributed by atoms with Crippen LogP contribution in [0.4, 0.5) is 0 Å². The van der Waals surface area contributed by atoms with Gasteiger partial charge >= 0.3 is 0 Å². The number of aromatic nitrogens is 3. The number of nitrogens with one attached hydrogen (secondary N) is 1. The smallest absolute Gasteiger partial charge is 0.290 e. The quantitative estimate of drug-likeness (QED) is 0.677. The third-order valence-corrected chi connectivity index (χ3v) is 5.79. The van der Waals surface area contributed by atoms with Crippen LogP contribution >= 0.6 is 11.3 Å². The minimum absolute atomic E-state index is 0.136. The summed E-state index contributed by atoms with van der Waals surface area (Å²) in [6.07, 6.45) is 2.05. The number of carbonyl (C=O) groups excluding carboxylic acids is 1. The van der Waals surface area contributed by atoms with E-state index in [1.807, 2.05) is 30.3 Å². The summed E-state index contributed by atoms with van der Waals surface area (Å²) in [6, 6.07) is 11.4. The number of nitrogens with zero attached hydrogens (tertiary/aromatic N) is 3. The van der Waals surface area contributed by atoms with Crippen LogP contribution < -0.4 is 5.32 Å². The summed E-state index contributed by atoms with van der Waals surface area (Å²) >= 11 is 1.45. The van der Waals surface area contributed by atoms with Crippen LogP contribution in [0.5, 0.6) is 0 Å². The second-order valence-electron chi connectivity index (χ2n) is 6.86. The zero-order chi connectivity index (χ0) is 18.8. The van der Waals surface area contributed by atoms with Gasteiger partial charge in [-0.3, -0.25) is 4.79 Å². The standard InChI is InChI=1S/C19H20N4O3S/c1-11(24)19-22-21-17(27-19)9-12-7-14(8-12)20-18(25)16-10-15(23-26-16)13-5-3-2-4-6-13/h2-6,10-12,14,24H,7-9H2,1H3,(H,20,25)/t11-,12-,14-/m1/s1. The summed E-state index contributed by atoms with van der Waals surface area (Å²) in [7, 11) is 0. The lowest BCUT2D eigenvalue weighted by Crippen LogP contribution is -2.44. The SMILES string of the molecule is C[C@@H](O)c1nnc(C[C@H]2C[C@H](NC(=O)c3cc(-c4ccccc4)no3)C2)s1. The Bertz CT molecular complexity index is 916. The van der Waals surface area contributed by atoms with Crippen LogP contribution in [-0.4, -0.2) is 32.4 Å². The lowest BCUT2D eigenvalue weighted by Gasteiger charge is -2.35. The van der Waals surface area contributed by atoms with E-state index in [4.69, 9.17) is 4.52 Å². The van der Waals surface area contributed by atoms with Crippen molar-refractivity contribution in [2.45, 2.75) is 38.3 Å². The van der Waals surface area contributed by atoms with Gasteiger partial charge in [-0.05, 0) is 25.7 Å². The number of amides is 1. The van der Waals surface area contributed by atoms with Gasteiger partial charge in [0, 0.05) is 24.1 Å². The number of carbonyl (C=O) groups is 1. The third-order valence-electron chi connectivity index (χ3n) is 4.68. The Morgan fingerprint density at radius 3 is 2.81 bits per heavy atom. The highest BCUT2D eigenvalue weighted by Crippen LogP contribution is 2.32. The van der Waals surface area contributed by atoms with Gasteiger partial charge in [0.15, 0.2) is 0 Å². The van der Waals surface area contributed by atoms with Crippen LogP contribution in [0.1, 0.15) is 46.4 Å². The van der Waals surface area contributed by atoms with Crippen LogP contribution in [0.25, 0.3) is 11.3 Å². The van der Waals surface area contributed by atoms with Gasteiger partial charge in [0.1, 0.15) is 21.8 Å². The van der Waals surface area contributed by atoms with Gasteiger partial charge < -0.3 is 14.9 Å². The monoisotopic (exact) mass is 384 g/mol. The Hall–Kier alpha value is -2.58. The number of hydrogen-bond acceptors (Lipinski definition) is 7. The molecular weight excluding hydrogens is 364 g/mol. The molecule has 0 aliphatic heterocycles. The molecule has 140 valence electrons. The zero-order valence-corrected chi connectivity index (χ0v) is 15.6. The summed E-state index contributed by atoms with van der Waals surface area (Å²) in [6.45, 7) is 1.69. The van der Waals surface area contributed by atoms with Gasteiger partial charge in [-0.1, -0.05) is 46.8 Å². The molecule has 1 aromatic carbocycles.